The number of amides is 1. The number of aliphatic hydroxyl groups is 1. The van der Waals surface area contributed by atoms with Crippen LogP contribution in [-0.2, 0) is 11.3 Å². The fourth-order valence-corrected chi connectivity index (χ4v) is 6.76. The van der Waals surface area contributed by atoms with E-state index in [1.807, 2.05) is 16.7 Å². The number of aromatic nitrogens is 1. The van der Waals surface area contributed by atoms with E-state index in [1.165, 1.54) is 44.9 Å². The van der Waals surface area contributed by atoms with E-state index >= 15 is 0 Å². The van der Waals surface area contributed by atoms with Crippen LogP contribution < -0.4 is 10.9 Å². The average molecular weight is 414 g/mol. The number of hydrogen-bond acceptors (Lipinski definition) is 4. The second-order valence-electron chi connectivity index (χ2n) is 9.97. The number of carbonyl (C=O) groups excluding carboxylic acids is 1. The molecule has 2 bridgehead atoms. The van der Waals surface area contributed by atoms with Crippen LogP contribution in [0.15, 0.2) is 23.0 Å². The number of pyridine rings is 1. The van der Waals surface area contributed by atoms with Gasteiger partial charge in [0, 0.05) is 49.5 Å². The molecule has 1 aromatic heterocycles. The standard InChI is InChI=1S/C24H35N3O3/c28-15-18-20-14-26-19(11-6-12-21(26)29)23(27(20)13-16-7-4-5-8-16)22(18)24(30)25-17-9-2-1-3-10-17/h6,11-12,16-18,20,22-23,28H,1-5,7-10,13-15H2,(H,25,30)/t18-,20-,22+,23+/m1/s1. The van der Waals surface area contributed by atoms with Crippen LogP contribution >= 0.6 is 0 Å². The van der Waals surface area contributed by atoms with Gasteiger partial charge in [0.05, 0.1) is 12.0 Å². The second-order valence-corrected chi connectivity index (χ2v) is 9.97. The van der Waals surface area contributed by atoms with Gasteiger partial charge in [-0.3, -0.25) is 14.5 Å². The van der Waals surface area contributed by atoms with Crippen molar-refractivity contribution in [3.63, 3.8) is 0 Å². The van der Waals surface area contributed by atoms with Crippen molar-refractivity contribution < 1.29 is 9.90 Å². The SMILES string of the molecule is O=C(NC1CCCCC1)[C@H]1[C@H](CO)[C@H]2Cn3c(cccc3=O)[C@@H]1N2CC1CCCC1. The number of fused-ring (bicyclic) bond motifs is 4. The van der Waals surface area contributed by atoms with Crippen LogP contribution in [0.2, 0.25) is 0 Å². The molecule has 6 nitrogen and oxygen atoms in total. The molecule has 30 heavy (non-hydrogen) atoms. The van der Waals surface area contributed by atoms with E-state index in [-0.39, 0.29) is 48.0 Å². The third-order valence-corrected chi connectivity index (χ3v) is 8.24. The van der Waals surface area contributed by atoms with Crippen molar-refractivity contribution in [2.24, 2.45) is 17.8 Å². The van der Waals surface area contributed by atoms with Gasteiger partial charge >= 0.3 is 0 Å². The summed E-state index contributed by atoms with van der Waals surface area (Å²) in [7, 11) is 0. The summed E-state index contributed by atoms with van der Waals surface area (Å²) in [6.45, 7) is 1.55. The zero-order chi connectivity index (χ0) is 20.7. The van der Waals surface area contributed by atoms with E-state index in [0.717, 1.165) is 25.1 Å². The average Bonchev–Trinajstić information content (AvgIpc) is 3.33. The summed E-state index contributed by atoms with van der Waals surface area (Å²) in [4.78, 5) is 28.7. The van der Waals surface area contributed by atoms with Crippen molar-refractivity contribution in [1.82, 2.24) is 14.8 Å². The van der Waals surface area contributed by atoms with Gasteiger partial charge < -0.3 is 15.0 Å². The van der Waals surface area contributed by atoms with Gasteiger partial charge in [0.2, 0.25) is 5.91 Å². The van der Waals surface area contributed by atoms with E-state index in [0.29, 0.717) is 12.5 Å². The molecular weight excluding hydrogens is 378 g/mol. The summed E-state index contributed by atoms with van der Waals surface area (Å²) in [5.74, 6) is 0.323. The monoisotopic (exact) mass is 413 g/mol. The van der Waals surface area contributed by atoms with Gasteiger partial charge in [-0.25, -0.2) is 0 Å². The molecule has 2 aliphatic heterocycles. The summed E-state index contributed by atoms with van der Waals surface area (Å²) >= 11 is 0. The van der Waals surface area contributed by atoms with E-state index < -0.39 is 0 Å². The maximum atomic E-state index is 13.6. The van der Waals surface area contributed by atoms with Crippen molar-refractivity contribution in [2.45, 2.75) is 82.5 Å². The van der Waals surface area contributed by atoms with Gasteiger partial charge in [-0.15, -0.1) is 0 Å². The quantitative estimate of drug-likeness (QED) is 0.778. The lowest BCUT2D eigenvalue weighted by Gasteiger charge is -2.39. The van der Waals surface area contributed by atoms with Crippen molar-refractivity contribution in [2.75, 3.05) is 13.2 Å². The Morgan fingerprint density at radius 1 is 1.07 bits per heavy atom. The van der Waals surface area contributed by atoms with Crippen LogP contribution in [-0.4, -0.2) is 45.7 Å². The predicted molar refractivity (Wildman–Crippen MR) is 115 cm³/mol. The smallest absolute Gasteiger partial charge is 0.250 e. The van der Waals surface area contributed by atoms with Gasteiger partial charge in [0.1, 0.15) is 0 Å². The number of carbonyl (C=O) groups is 1. The van der Waals surface area contributed by atoms with Gasteiger partial charge in [-0.2, -0.15) is 0 Å². The van der Waals surface area contributed by atoms with Crippen molar-refractivity contribution in [3.05, 3.63) is 34.2 Å². The van der Waals surface area contributed by atoms with Gasteiger partial charge in [0.15, 0.2) is 0 Å². The molecule has 1 saturated heterocycles. The molecule has 1 amide bonds. The Hall–Kier alpha value is -1.66. The molecule has 3 fully saturated rings. The summed E-state index contributed by atoms with van der Waals surface area (Å²) < 4.78 is 1.86. The topological polar surface area (TPSA) is 74.6 Å². The molecule has 4 atom stereocenters. The first-order valence-corrected chi connectivity index (χ1v) is 12.0. The Morgan fingerprint density at radius 2 is 1.80 bits per heavy atom. The zero-order valence-corrected chi connectivity index (χ0v) is 17.8. The molecular formula is C24H35N3O3. The van der Waals surface area contributed by atoms with Crippen LogP contribution in [0.3, 0.4) is 0 Å². The van der Waals surface area contributed by atoms with E-state index in [4.69, 9.17) is 0 Å². The highest BCUT2D eigenvalue weighted by atomic mass is 16.3. The molecule has 3 heterocycles. The molecule has 0 unspecified atom stereocenters. The lowest BCUT2D eigenvalue weighted by molar-refractivity contribution is -0.128. The molecule has 2 aliphatic carbocycles. The van der Waals surface area contributed by atoms with E-state index in [9.17, 15) is 14.7 Å². The number of hydrogen-bond donors (Lipinski definition) is 2. The Kier molecular flexibility index (Phi) is 5.71. The van der Waals surface area contributed by atoms with Gasteiger partial charge in [0.25, 0.3) is 5.56 Å². The predicted octanol–water partition coefficient (Wildman–Crippen LogP) is 2.45. The summed E-state index contributed by atoms with van der Waals surface area (Å²) in [6, 6.07) is 5.65. The molecule has 1 aromatic rings. The number of nitrogens with zero attached hydrogens (tertiary/aromatic N) is 2. The highest BCUT2D eigenvalue weighted by Crippen LogP contribution is 2.49. The first-order chi connectivity index (χ1) is 14.7. The third kappa shape index (κ3) is 3.52. The third-order valence-electron chi connectivity index (χ3n) is 8.24. The highest BCUT2D eigenvalue weighted by Gasteiger charge is 2.56. The Morgan fingerprint density at radius 3 is 2.53 bits per heavy atom. The highest BCUT2D eigenvalue weighted by molar-refractivity contribution is 5.81. The fraction of sp³-hybridized carbons (Fsp3) is 0.750. The fourth-order valence-electron chi connectivity index (χ4n) is 6.76. The lowest BCUT2D eigenvalue weighted by atomic mass is 9.85. The summed E-state index contributed by atoms with van der Waals surface area (Å²) in [5.41, 5.74) is 0.963. The normalized spacial score (nSPS) is 32.3. The van der Waals surface area contributed by atoms with Crippen LogP contribution in [0.25, 0.3) is 0 Å². The van der Waals surface area contributed by atoms with Crippen molar-refractivity contribution in [1.29, 1.82) is 0 Å². The molecule has 0 radical (unpaired) electrons. The molecule has 2 saturated carbocycles. The maximum absolute atomic E-state index is 13.6. The Labute approximate surface area is 178 Å². The lowest BCUT2D eigenvalue weighted by Crippen LogP contribution is -2.48. The maximum Gasteiger partial charge on any atom is 0.250 e. The number of rotatable bonds is 5. The molecule has 6 heteroatoms. The minimum absolute atomic E-state index is 0.00613. The molecule has 0 aromatic carbocycles. The summed E-state index contributed by atoms with van der Waals surface area (Å²) in [6.07, 6.45) is 10.8. The molecule has 4 aliphatic rings. The van der Waals surface area contributed by atoms with Crippen LogP contribution in [0.5, 0.6) is 0 Å². The van der Waals surface area contributed by atoms with Gasteiger partial charge in [-0.05, 0) is 37.7 Å². The van der Waals surface area contributed by atoms with Crippen molar-refractivity contribution >= 4 is 5.91 Å². The van der Waals surface area contributed by atoms with E-state index in [1.54, 1.807) is 6.07 Å². The van der Waals surface area contributed by atoms with Crippen molar-refractivity contribution in [3.8, 4) is 0 Å². The Bertz CT molecular complexity index is 825. The van der Waals surface area contributed by atoms with Gasteiger partial charge in [-0.1, -0.05) is 38.2 Å². The summed E-state index contributed by atoms with van der Waals surface area (Å²) in [5, 5.41) is 13.7. The van der Waals surface area contributed by atoms with Crippen LogP contribution in [0.4, 0.5) is 0 Å². The van der Waals surface area contributed by atoms with Crippen LogP contribution in [0, 0.1) is 17.8 Å². The Balaban J connectivity index is 1.48. The minimum Gasteiger partial charge on any atom is -0.396 e. The second kappa shape index (κ2) is 8.46. The zero-order valence-electron chi connectivity index (χ0n) is 17.8. The van der Waals surface area contributed by atoms with E-state index in [2.05, 4.69) is 10.2 Å². The minimum atomic E-state index is -0.293. The molecule has 5 rings (SSSR count). The first kappa shape index (κ1) is 20.3. The molecule has 2 N–H and O–H groups in total. The largest absolute Gasteiger partial charge is 0.396 e. The van der Waals surface area contributed by atoms with Crippen LogP contribution in [0.1, 0.15) is 69.5 Å². The number of nitrogens with one attached hydrogen (secondary N) is 1. The molecule has 0 spiro atoms. The number of aliphatic hydroxyl groups excluding tert-OH is 1. The first-order valence-electron chi connectivity index (χ1n) is 12.0. The molecule has 164 valence electrons.